The van der Waals surface area contributed by atoms with Crippen LogP contribution in [0.15, 0.2) is 12.3 Å². The highest BCUT2D eigenvalue weighted by Gasteiger charge is 2.31. The van der Waals surface area contributed by atoms with E-state index in [-0.39, 0.29) is 11.8 Å². The van der Waals surface area contributed by atoms with Crippen LogP contribution in [0.2, 0.25) is 0 Å². The molecular formula is C15H25N3O3. The van der Waals surface area contributed by atoms with Crippen LogP contribution in [0, 0.1) is 5.92 Å². The van der Waals surface area contributed by atoms with Crippen LogP contribution in [-0.4, -0.2) is 33.3 Å². The molecule has 1 aromatic heterocycles. The van der Waals surface area contributed by atoms with Gasteiger partial charge < -0.3 is 10.1 Å². The molecule has 6 heteroatoms. The number of amides is 1. The molecule has 0 fully saturated rings. The molecule has 0 aliphatic rings. The molecular weight excluding hydrogens is 270 g/mol. The van der Waals surface area contributed by atoms with Gasteiger partial charge in [-0.2, -0.15) is 5.10 Å². The monoisotopic (exact) mass is 295 g/mol. The highest BCUT2D eigenvalue weighted by Crippen LogP contribution is 2.15. The Balaban J connectivity index is 2.87. The molecule has 0 aliphatic heterocycles. The van der Waals surface area contributed by atoms with E-state index in [1.807, 2.05) is 34.6 Å². The predicted molar refractivity (Wildman–Crippen MR) is 79.8 cm³/mol. The number of aryl methyl sites for hydroxylation is 1. The molecule has 1 aromatic rings. The maximum Gasteiger partial charge on any atom is 0.329 e. The second-order valence-corrected chi connectivity index (χ2v) is 6.21. The number of carbonyl (C=O) groups excluding carboxylic acids is 2. The number of aromatic nitrogens is 2. The van der Waals surface area contributed by atoms with Crippen LogP contribution in [0.5, 0.6) is 0 Å². The van der Waals surface area contributed by atoms with Gasteiger partial charge in [-0.25, -0.2) is 4.79 Å². The molecule has 0 unspecified atom stereocenters. The predicted octanol–water partition coefficient (Wildman–Crippen LogP) is 1.91. The fourth-order valence-corrected chi connectivity index (χ4v) is 1.85. The zero-order valence-corrected chi connectivity index (χ0v) is 13.6. The van der Waals surface area contributed by atoms with Gasteiger partial charge in [-0.15, -0.1) is 0 Å². The van der Waals surface area contributed by atoms with Crippen LogP contribution >= 0.6 is 0 Å². The molecule has 0 saturated carbocycles. The molecule has 1 amide bonds. The van der Waals surface area contributed by atoms with Crippen molar-refractivity contribution in [2.45, 2.75) is 52.7 Å². The molecule has 6 nitrogen and oxygen atoms in total. The molecule has 0 aliphatic carbocycles. The maximum absolute atomic E-state index is 12.3. The highest BCUT2D eigenvalue weighted by atomic mass is 16.6. The summed E-state index contributed by atoms with van der Waals surface area (Å²) in [5.74, 6) is -0.754. The summed E-state index contributed by atoms with van der Waals surface area (Å²) in [5, 5.41) is 6.71. The smallest absolute Gasteiger partial charge is 0.329 e. The largest absolute Gasteiger partial charge is 0.458 e. The van der Waals surface area contributed by atoms with Crippen molar-refractivity contribution in [2.24, 2.45) is 13.0 Å². The summed E-state index contributed by atoms with van der Waals surface area (Å²) in [6.07, 6.45) is 2.30. The van der Waals surface area contributed by atoms with Crippen LogP contribution in [0.4, 0.5) is 0 Å². The third-order valence-corrected chi connectivity index (χ3v) is 3.21. The second kappa shape index (κ2) is 6.74. The first-order chi connectivity index (χ1) is 9.65. The third-order valence-electron chi connectivity index (χ3n) is 3.21. The Kier molecular flexibility index (Phi) is 5.52. The minimum atomic E-state index is -0.670. The van der Waals surface area contributed by atoms with Crippen molar-refractivity contribution in [3.8, 4) is 0 Å². The average molecular weight is 295 g/mol. The maximum atomic E-state index is 12.3. The van der Waals surface area contributed by atoms with Gasteiger partial charge in [-0.3, -0.25) is 9.48 Å². The zero-order chi connectivity index (χ0) is 16.2. The molecule has 2 atom stereocenters. The first-order valence-corrected chi connectivity index (χ1v) is 7.17. The van der Waals surface area contributed by atoms with Gasteiger partial charge in [0.15, 0.2) is 0 Å². The van der Waals surface area contributed by atoms with Gasteiger partial charge in [0, 0.05) is 13.2 Å². The molecule has 0 spiro atoms. The zero-order valence-electron chi connectivity index (χ0n) is 13.6. The van der Waals surface area contributed by atoms with Crippen molar-refractivity contribution < 1.29 is 14.3 Å². The summed E-state index contributed by atoms with van der Waals surface area (Å²) in [5.41, 5.74) is -0.174. The number of hydrogen-bond acceptors (Lipinski definition) is 4. The van der Waals surface area contributed by atoms with Gasteiger partial charge in [-0.1, -0.05) is 20.3 Å². The average Bonchev–Trinajstić information content (AvgIpc) is 2.78. The topological polar surface area (TPSA) is 73.2 Å². The van der Waals surface area contributed by atoms with Crippen molar-refractivity contribution in [3.63, 3.8) is 0 Å². The standard InChI is InChI=1S/C15H25N3O3/c1-7-10(2)12(14(20)21-15(3,4)5)17-13(19)11-8-9-16-18(11)6/h8-10,12H,7H2,1-6H3,(H,17,19)/t10-,12-/m0/s1. The first-order valence-electron chi connectivity index (χ1n) is 7.17. The molecule has 1 heterocycles. The van der Waals surface area contributed by atoms with E-state index in [9.17, 15) is 9.59 Å². The quantitative estimate of drug-likeness (QED) is 0.842. The summed E-state index contributed by atoms with van der Waals surface area (Å²) < 4.78 is 6.87. The van der Waals surface area contributed by atoms with Crippen molar-refractivity contribution >= 4 is 11.9 Å². The van der Waals surface area contributed by atoms with Crippen molar-refractivity contribution in [1.82, 2.24) is 15.1 Å². The summed E-state index contributed by atoms with van der Waals surface area (Å²) in [4.78, 5) is 24.5. The van der Waals surface area contributed by atoms with E-state index in [0.717, 1.165) is 6.42 Å². The van der Waals surface area contributed by atoms with E-state index in [4.69, 9.17) is 4.74 Å². The highest BCUT2D eigenvalue weighted by molar-refractivity contribution is 5.95. The number of nitrogens with zero attached hydrogens (tertiary/aromatic N) is 2. The lowest BCUT2D eigenvalue weighted by atomic mass is 9.98. The van der Waals surface area contributed by atoms with Gasteiger partial charge in [0.2, 0.25) is 0 Å². The molecule has 1 rings (SSSR count). The van der Waals surface area contributed by atoms with Crippen molar-refractivity contribution in [3.05, 3.63) is 18.0 Å². The lowest BCUT2D eigenvalue weighted by molar-refractivity contribution is -0.158. The summed E-state index contributed by atoms with van der Waals surface area (Å²) in [7, 11) is 1.68. The summed E-state index contributed by atoms with van der Waals surface area (Å²) in [6.45, 7) is 9.31. The number of nitrogens with one attached hydrogen (secondary N) is 1. The number of ether oxygens (including phenoxy) is 1. The fraction of sp³-hybridized carbons (Fsp3) is 0.667. The molecule has 0 bridgehead atoms. The Labute approximate surface area is 125 Å². The Morgan fingerprint density at radius 3 is 2.48 bits per heavy atom. The van der Waals surface area contributed by atoms with E-state index in [1.54, 1.807) is 19.3 Å². The van der Waals surface area contributed by atoms with Crippen LogP contribution in [0.25, 0.3) is 0 Å². The van der Waals surface area contributed by atoms with Crippen molar-refractivity contribution in [2.75, 3.05) is 0 Å². The molecule has 118 valence electrons. The summed E-state index contributed by atoms with van der Waals surface area (Å²) in [6, 6.07) is 0.939. The van der Waals surface area contributed by atoms with Gasteiger partial charge >= 0.3 is 5.97 Å². The van der Waals surface area contributed by atoms with Crippen molar-refractivity contribution in [1.29, 1.82) is 0 Å². The van der Waals surface area contributed by atoms with Gasteiger partial charge in [-0.05, 0) is 32.8 Å². The molecule has 0 saturated heterocycles. The Bertz CT molecular complexity index is 503. The molecule has 0 aromatic carbocycles. The lowest BCUT2D eigenvalue weighted by Crippen LogP contribution is -2.48. The van der Waals surface area contributed by atoms with Crippen LogP contribution in [0.3, 0.4) is 0 Å². The minimum Gasteiger partial charge on any atom is -0.458 e. The molecule has 21 heavy (non-hydrogen) atoms. The van der Waals surface area contributed by atoms with E-state index in [1.165, 1.54) is 4.68 Å². The Morgan fingerprint density at radius 1 is 1.43 bits per heavy atom. The van der Waals surface area contributed by atoms with Gasteiger partial charge in [0.25, 0.3) is 5.91 Å². The van der Waals surface area contributed by atoms with Crippen LogP contribution in [0.1, 0.15) is 51.5 Å². The van der Waals surface area contributed by atoms with Crippen LogP contribution in [-0.2, 0) is 16.6 Å². The Hall–Kier alpha value is -1.85. The van der Waals surface area contributed by atoms with Gasteiger partial charge in [0.1, 0.15) is 17.3 Å². The number of hydrogen-bond donors (Lipinski definition) is 1. The first kappa shape index (κ1) is 17.2. The number of carbonyl (C=O) groups is 2. The third kappa shape index (κ3) is 4.88. The van der Waals surface area contributed by atoms with E-state index < -0.39 is 17.6 Å². The fourth-order valence-electron chi connectivity index (χ4n) is 1.85. The van der Waals surface area contributed by atoms with E-state index >= 15 is 0 Å². The SMILES string of the molecule is CC[C@H](C)[C@H](NC(=O)c1ccnn1C)C(=O)OC(C)(C)C. The lowest BCUT2D eigenvalue weighted by Gasteiger charge is -2.27. The van der Waals surface area contributed by atoms with E-state index in [0.29, 0.717) is 5.69 Å². The van der Waals surface area contributed by atoms with E-state index in [2.05, 4.69) is 10.4 Å². The number of rotatable bonds is 5. The minimum absolute atomic E-state index is 0.0166. The summed E-state index contributed by atoms with van der Waals surface area (Å²) >= 11 is 0. The normalized spacial score (nSPS) is 14.4. The second-order valence-electron chi connectivity index (χ2n) is 6.21. The molecule has 0 radical (unpaired) electrons. The number of esters is 1. The molecule has 1 N–H and O–H groups in total. The Morgan fingerprint density at radius 2 is 2.05 bits per heavy atom. The van der Waals surface area contributed by atoms with Gasteiger partial charge in [0.05, 0.1) is 0 Å². The van der Waals surface area contributed by atoms with Crippen LogP contribution < -0.4 is 5.32 Å².